The summed E-state index contributed by atoms with van der Waals surface area (Å²) in [6.07, 6.45) is 8.17. The molecule has 0 aromatic heterocycles. The number of hydrogen-bond donors (Lipinski definition) is 2. The van der Waals surface area contributed by atoms with E-state index in [0.717, 1.165) is 18.3 Å². The van der Waals surface area contributed by atoms with E-state index in [2.05, 4.69) is 36.5 Å². The highest BCUT2D eigenvalue weighted by atomic mass is 16.3. The summed E-state index contributed by atoms with van der Waals surface area (Å²) in [5.74, 6) is 1.66. The van der Waals surface area contributed by atoms with E-state index < -0.39 is 5.54 Å². The molecule has 3 nitrogen and oxygen atoms in total. The number of nitrogens with one attached hydrogen (secondary N) is 1. The van der Waals surface area contributed by atoms with Gasteiger partial charge in [-0.1, -0.05) is 29.8 Å². The number of amides is 1. The minimum absolute atomic E-state index is 0.0235. The third-order valence-corrected chi connectivity index (χ3v) is 7.25. The molecule has 1 aromatic carbocycles. The fraction of sp³-hybridized carbons (Fsp3) is 0.696. The van der Waals surface area contributed by atoms with Gasteiger partial charge in [0.05, 0.1) is 12.1 Å². The molecule has 1 aromatic rings. The summed E-state index contributed by atoms with van der Waals surface area (Å²) in [7, 11) is 0. The molecule has 0 aliphatic heterocycles. The molecule has 4 fully saturated rings. The van der Waals surface area contributed by atoms with E-state index in [4.69, 9.17) is 0 Å². The molecule has 26 heavy (non-hydrogen) atoms. The van der Waals surface area contributed by atoms with E-state index >= 15 is 0 Å². The molecular formula is C23H33NO2. The van der Waals surface area contributed by atoms with Gasteiger partial charge >= 0.3 is 0 Å². The van der Waals surface area contributed by atoms with Crippen molar-refractivity contribution in [2.45, 2.75) is 76.7 Å². The van der Waals surface area contributed by atoms with Crippen molar-refractivity contribution in [3.05, 3.63) is 35.4 Å². The van der Waals surface area contributed by atoms with Gasteiger partial charge in [0.15, 0.2) is 0 Å². The van der Waals surface area contributed by atoms with Crippen LogP contribution in [0.4, 0.5) is 0 Å². The number of aliphatic hydroxyl groups is 1. The van der Waals surface area contributed by atoms with Crippen LogP contribution in [0.3, 0.4) is 0 Å². The summed E-state index contributed by atoms with van der Waals surface area (Å²) in [5.41, 5.74) is 2.72. The molecule has 4 atom stereocenters. The van der Waals surface area contributed by atoms with Gasteiger partial charge in [-0.3, -0.25) is 4.79 Å². The highest BCUT2D eigenvalue weighted by molar-refractivity contribution is 5.77. The Morgan fingerprint density at radius 3 is 2.35 bits per heavy atom. The quantitative estimate of drug-likeness (QED) is 0.835. The van der Waals surface area contributed by atoms with Crippen LogP contribution in [0.1, 0.15) is 69.9 Å². The fourth-order valence-corrected chi connectivity index (χ4v) is 6.71. The number of benzene rings is 1. The second-order valence-electron chi connectivity index (χ2n) is 10.4. The lowest BCUT2D eigenvalue weighted by molar-refractivity contribution is -0.133. The Balaban J connectivity index is 1.58. The Morgan fingerprint density at radius 2 is 1.77 bits per heavy atom. The molecule has 3 heteroatoms. The second-order valence-corrected chi connectivity index (χ2v) is 10.4. The molecule has 1 amide bonds. The number of carbonyl (C=O) groups excluding carboxylic acids is 1. The SMILES string of the molecule is Cc1ccc(C23C[C@@H]4C[C@@H](CC(CC(=O)NC(C)(C)CO)(C4)C2)C3)cc1. The highest BCUT2D eigenvalue weighted by Gasteiger charge is 2.58. The van der Waals surface area contributed by atoms with Crippen molar-refractivity contribution in [3.8, 4) is 0 Å². The first kappa shape index (κ1) is 18.0. The lowest BCUT2D eigenvalue weighted by Crippen LogP contribution is -2.56. The molecule has 0 spiro atoms. The lowest BCUT2D eigenvalue weighted by Gasteiger charge is -2.62. The highest BCUT2D eigenvalue weighted by Crippen LogP contribution is 2.66. The van der Waals surface area contributed by atoms with Crippen LogP contribution < -0.4 is 5.32 Å². The van der Waals surface area contributed by atoms with Gasteiger partial charge in [0, 0.05) is 6.42 Å². The Labute approximate surface area is 157 Å². The molecule has 5 rings (SSSR count). The molecule has 4 bridgehead atoms. The average Bonchev–Trinajstić information content (AvgIpc) is 2.52. The summed E-state index contributed by atoms with van der Waals surface area (Å²) in [5, 5.41) is 12.5. The largest absolute Gasteiger partial charge is 0.394 e. The predicted octanol–water partition coefficient (Wildman–Crippen LogP) is 4.11. The van der Waals surface area contributed by atoms with E-state index in [0.29, 0.717) is 6.42 Å². The van der Waals surface area contributed by atoms with E-state index in [1.165, 1.54) is 43.2 Å². The van der Waals surface area contributed by atoms with Crippen molar-refractivity contribution in [3.63, 3.8) is 0 Å². The van der Waals surface area contributed by atoms with Crippen LogP contribution in [-0.2, 0) is 10.2 Å². The zero-order valence-corrected chi connectivity index (χ0v) is 16.5. The Hall–Kier alpha value is -1.35. The summed E-state index contributed by atoms with van der Waals surface area (Å²) in [6.45, 7) is 5.90. The predicted molar refractivity (Wildman–Crippen MR) is 104 cm³/mol. The second kappa shape index (κ2) is 6.09. The van der Waals surface area contributed by atoms with E-state index in [9.17, 15) is 9.90 Å². The first-order valence-electron chi connectivity index (χ1n) is 10.2. The first-order valence-corrected chi connectivity index (χ1v) is 10.2. The van der Waals surface area contributed by atoms with Gasteiger partial charge in [-0.2, -0.15) is 0 Å². The summed E-state index contributed by atoms with van der Waals surface area (Å²) in [6, 6.07) is 9.17. The summed E-state index contributed by atoms with van der Waals surface area (Å²) < 4.78 is 0. The van der Waals surface area contributed by atoms with Crippen LogP contribution in [-0.4, -0.2) is 23.2 Å². The number of rotatable bonds is 5. The molecule has 0 heterocycles. The smallest absolute Gasteiger partial charge is 0.221 e. The maximum Gasteiger partial charge on any atom is 0.221 e. The zero-order chi connectivity index (χ0) is 18.6. The molecule has 0 saturated heterocycles. The Bertz CT molecular complexity index is 677. The van der Waals surface area contributed by atoms with Crippen molar-refractivity contribution in [1.29, 1.82) is 0 Å². The number of aryl methyl sites for hydroxylation is 1. The normalized spacial score (nSPS) is 35.5. The number of hydrogen-bond acceptors (Lipinski definition) is 2. The minimum Gasteiger partial charge on any atom is -0.394 e. The maximum absolute atomic E-state index is 12.8. The Morgan fingerprint density at radius 1 is 1.15 bits per heavy atom. The van der Waals surface area contributed by atoms with Crippen molar-refractivity contribution < 1.29 is 9.90 Å². The van der Waals surface area contributed by atoms with Crippen LogP contribution >= 0.6 is 0 Å². The first-order chi connectivity index (χ1) is 12.2. The number of aliphatic hydroxyl groups excluding tert-OH is 1. The van der Waals surface area contributed by atoms with Crippen molar-refractivity contribution in [2.24, 2.45) is 17.3 Å². The molecule has 4 aliphatic carbocycles. The van der Waals surface area contributed by atoms with Crippen LogP contribution in [0.25, 0.3) is 0 Å². The average molecular weight is 356 g/mol. The molecule has 4 aliphatic rings. The van der Waals surface area contributed by atoms with Gasteiger partial charge in [0.1, 0.15) is 0 Å². The minimum atomic E-state index is -0.534. The van der Waals surface area contributed by atoms with Crippen LogP contribution in [0, 0.1) is 24.2 Å². The third-order valence-electron chi connectivity index (χ3n) is 7.25. The molecule has 142 valence electrons. The summed E-state index contributed by atoms with van der Waals surface area (Å²) in [4.78, 5) is 12.8. The molecule has 2 unspecified atom stereocenters. The number of carbonyl (C=O) groups is 1. The fourth-order valence-electron chi connectivity index (χ4n) is 6.71. The maximum atomic E-state index is 12.8. The van der Waals surface area contributed by atoms with E-state index in [1.807, 2.05) is 13.8 Å². The Kier molecular flexibility index (Phi) is 4.22. The van der Waals surface area contributed by atoms with E-state index in [-0.39, 0.29) is 23.3 Å². The standard InChI is InChI=1S/C23H33NO2/c1-16-4-6-19(7-5-16)23-11-17-8-18(12-23)10-22(9-17,14-23)13-20(26)24-21(2,3)15-25/h4-7,17-18,25H,8-15H2,1-3H3,(H,24,26)/t17-,18+,22?,23?. The topological polar surface area (TPSA) is 49.3 Å². The summed E-state index contributed by atoms with van der Waals surface area (Å²) >= 11 is 0. The van der Waals surface area contributed by atoms with Gasteiger partial charge < -0.3 is 10.4 Å². The van der Waals surface area contributed by atoms with Crippen LogP contribution in [0.2, 0.25) is 0 Å². The van der Waals surface area contributed by atoms with E-state index in [1.54, 1.807) is 0 Å². The molecule has 2 N–H and O–H groups in total. The van der Waals surface area contributed by atoms with Gasteiger partial charge in [0.2, 0.25) is 5.91 Å². The third kappa shape index (κ3) is 3.19. The monoisotopic (exact) mass is 355 g/mol. The van der Waals surface area contributed by atoms with Crippen LogP contribution in [0.15, 0.2) is 24.3 Å². The van der Waals surface area contributed by atoms with Crippen molar-refractivity contribution in [2.75, 3.05) is 6.61 Å². The lowest BCUT2D eigenvalue weighted by atomic mass is 9.42. The molecular weight excluding hydrogens is 322 g/mol. The van der Waals surface area contributed by atoms with Crippen LogP contribution in [0.5, 0.6) is 0 Å². The molecule has 4 saturated carbocycles. The van der Waals surface area contributed by atoms with Gasteiger partial charge in [0.25, 0.3) is 0 Å². The van der Waals surface area contributed by atoms with Gasteiger partial charge in [-0.25, -0.2) is 0 Å². The van der Waals surface area contributed by atoms with Gasteiger partial charge in [-0.05, 0) is 87.5 Å². The van der Waals surface area contributed by atoms with Crippen molar-refractivity contribution in [1.82, 2.24) is 5.32 Å². The van der Waals surface area contributed by atoms with Gasteiger partial charge in [-0.15, -0.1) is 0 Å². The molecule has 0 radical (unpaired) electrons. The van der Waals surface area contributed by atoms with Crippen molar-refractivity contribution >= 4 is 5.91 Å². The zero-order valence-electron chi connectivity index (χ0n) is 16.5.